The lowest BCUT2D eigenvalue weighted by molar-refractivity contribution is 0.519. The fourth-order valence-electron chi connectivity index (χ4n) is 2.14. The van der Waals surface area contributed by atoms with Crippen LogP contribution in [-0.4, -0.2) is 15.0 Å². The van der Waals surface area contributed by atoms with Crippen molar-refractivity contribution in [1.29, 1.82) is 0 Å². The lowest BCUT2D eigenvalue weighted by atomic mass is 10.1. The van der Waals surface area contributed by atoms with E-state index >= 15 is 0 Å². The van der Waals surface area contributed by atoms with Gasteiger partial charge in [-0.25, -0.2) is 17.5 Å². The van der Waals surface area contributed by atoms with Crippen LogP contribution in [0.3, 0.4) is 0 Å². The van der Waals surface area contributed by atoms with Crippen LogP contribution in [0, 0.1) is 11.7 Å². The van der Waals surface area contributed by atoms with Gasteiger partial charge in [-0.15, -0.1) is 0 Å². The molecule has 0 aromatic heterocycles. The Balaban J connectivity index is 2.00. The average molecular weight is 257 g/mol. The van der Waals surface area contributed by atoms with Gasteiger partial charge in [0.1, 0.15) is 5.82 Å². The summed E-state index contributed by atoms with van der Waals surface area (Å²) in [6.07, 6.45) is 4.55. The van der Waals surface area contributed by atoms with Gasteiger partial charge in [0, 0.05) is 6.54 Å². The van der Waals surface area contributed by atoms with Gasteiger partial charge in [0.05, 0.1) is 4.90 Å². The molecule has 1 aliphatic carbocycles. The summed E-state index contributed by atoms with van der Waals surface area (Å²) in [6, 6.07) is 4.88. The molecule has 0 heterocycles. The lowest BCUT2D eigenvalue weighted by Crippen LogP contribution is -2.28. The molecule has 0 amide bonds. The average Bonchev–Trinajstić information content (AvgIpc) is 2.80. The number of halogens is 1. The third-order valence-electron chi connectivity index (χ3n) is 3.16. The molecule has 0 aliphatic heterocycles. The van der Waals surface area contributed by atoms with Crippen LogP contribution in [0.25, 0.3) is 0 Å². The summed E-state index contributed by atoms with van der Waals surface area (Å²) in [7, 11) is -3.48. The summed E-state index contributed by atoms with van der Waals surface area (Å²) in [4.78, 5) is 0.122. The standard InChI is InChI=1S/C12H16FNO2S/c13-11-5-7-12(8-6-11)17(15,16)14-9-10-3-1-2-4-10/h5-8,10,14H,1-4,9H2. The van der Waals surface area contributed by atoms with Gasteiger partial charge in [-0.05, 0) is 43.0 Å². The van der Waals surface area contributed by atoms with Crippen molar-refractivity contribution in [3.63, 3.8) is 0 Å². The molecule has 0 unspecified atom stereocenters. The van der Waals surface area contributed by atoms with Crippen LogP contribution in [0.5, 0.6) is 0 Å². The van der Waals surface area contributed by atoms with Crippen molar-refractivity contribution in [3.05, 3.63) is 30.1 Å². The Morgan fingerprint density at radius 2 is 1.76 bits per heavy atom. The number of benzene rings is 1. The van der Waals surface area contributed by atoms with Gasteiger partial charge >= 0.3 is 0 Å². The van der Waals surface area contributed by atoms with E-state index in [2.05, 4.69) is 4.72 Å². The summed E-state index contributed by atoms with van der Waals surface area (Å²) in [5, 5.41) is 0. The maximum atomic E-state index is 12.7. The van der Waals surface area contributed by atoms with E-state index < -0.39 is 15.8 Å². The first-order valence-electron chi connectivity index (χ1n) is 5.83. The quantitative estimate of drug-likeness (QED) is 0.899. The maximum Gasteiger partial charge on any atom is 0.240 e. The van der Waals surface area contributed by atoms with Crippen LogP contribution in [0.2, 0.25) is 0 Å². The van der Waals surface area contributed by atoms with Gasteiger partial charge in [0.2, 0.25) is 10.0 Å². The zero-order chi connectivity index (χ0) is 12.3. The van der Waals surface area contributed by atoms with Crippen LogP contribution in [0.1, 0.15) is 25.7 Å². The van der Waals surface area contributed by atoms with Gasteiger partial charge < -0.3 is 0 Å². The van der Waals surface area contributed by atoms with Gasteiger partial charge in [-0.1, -0.05) is 12.8 Å². The molecule has 1 aliphatic rings. The molecule has 17 heavy (non-hydrogen) atoms. The number of sulfonamides is 1. The van der Waals surface area contributed by atoms with Crippen LogP contribution < -0.4 is 4.72 Å². The Hall–Kier alpha value is -0.940. The predicted molar refractivity (Wildman–Crippen MR) is 63.5 cm³/mol. The number of hydrogen-bond acceptors (Lipinski definition) is 2. The van der Waals surface area contributed by atoms with Crippen LogP contribution in [0.4, 0.5) is 4.39 Å². The Labute approximate surface area is 101 Å². The second-order valence-electron chi connectivity index (χ2n) is 4.46. The molecule has 1 N–H and O–H groups in total. The van der Waals surface area contributed by atoms with E-state index in [0.717, 1.165) is 25.0 Å². The highest BCUT2D eigenvalue weighted by atomic mass is 32.2. The molecule has 1 saturated carbocycles. The van der Waals surface area contributed by atoms with Crippen molar-refractivity contribution >= 4 is 10.0 Å². The molecule has 0 radical (unpaired) electrons. The Morgan fingerprint density at radius 3 is 2.35 bits per heavy atom. The predicted octanol–water partition coefficient (Wildman–Crippen LogP) is 2.29. The number of nitrogens with one attached hydrogen (secondary N) is 1. The molecule has 0 bridgehead atoms. The first kappa shape index (κ1) is 12.5. The Morgan fingerprint density at radius 1 is 1.18 bits per heavy atom. The van der Waals surface area contributed by atoms with Gasteiger partial charge in [-0.2, -0.15) is 0 Å². The van der Waals surface area contributed by atoms with Crippen LogP contribution >= 0.6 is 0 Å². The largest absolute Gasteiger partial charge is 0.240 e. The summed E-state index contributed by atoms with van der Waals surface area (Å²) >= 11 is 0. The second-order valence-corrected chi connectivity index (χ2v) is 6.22. The molecular weight excluding hydrogens is 241 g/mol. The topological polar surface area (TPSA) is 46.2 Å². The summed E-state index contributed by atoms with van der Waals surface area (Å²) in [6.45, 7) is 0.486. The van der Waals surface area contributed by atoms with Crippen molar-refractivity contribution < 1.29 is 12.8 Å². The molecule has 0 saturated heterocycles. The molecule has 3 nitrogen and oxygen atoms in total. The second kappa shape index (κ2) is 5.14. The first-order valence-corrected chi connectivity index (χ1v) is 7.31. The summed E-state index contributed by atoms with van der Waals surface area (Å²) in [5.74, 6) is 0.0185. The monoisotopic (exact) mass is 257 g/mol. The highest BCUT2D eigenvalue weighted by molar-refractivity contribution is 7.89. The third-order valence-corrected chi connectivity index (χ3v) is 4.60. The highest BCUT2D eigenvalue weighted by Crippen LogP contribution is 2.24. The minimum absolute atomic E-state index is 0.122. The maximum absolute atomic E-state index is 12.7. The number of hydrogen-bond donors (Lipinski definition) is 1. The van der Waals surface area contributed by atoms with Crippen molar-refractivity contribution in [2.24, 2.45) is 5.92 Å². The zero-order valence-corrected chi connectivity index (χ0v) is 10.3. The van der Waals surface area contributed by atoms with Crippen molar-refractivity contribution in [2.45, 2.75) is 30.6 Å². The van der Waals surface area contributed by atoms with Crippen LogP contribution in [0.15, 0.2) is 29.2 Å². The first-order chi connectivity index (χ1) is 8.08. The Kier molecular flexibility index (Phi) is 3.79. The fraction of sp³-hybridized carbons (Fsp3) is 0.500. The minimum Gasteiger partial charge on any atom is -0.211 e. The third kappa shape index (κ3) is 3.26. The van der Waals surface area contributed by atoms with E-state index in [4.69, 9.17) is 0 Å². The normalized spacial score (nSPS) is 17.5. The molecule has 1 fully saturated rings. The van der Waals surface area contributed by atoms with E-state index in [9.17, 15) is 12.8 Å². The van der Waals surface area contributed by atoms with Gasteiger partial charge in [0.25, 0.3) is 0 Å². The van der Waals surface area contributed by atoms with E-state index in [1.54, 1.807) is 0 Å². The number of rotatable bonds is 4. The molecule has 2 rings (SSSR count). The van der Waals surface area contributed by atoms with E-state index in [0.29, 0.717) is 12.5 Å². The van der Waals surface area contributed by atoms with Gasteiger partial charge in [0.15, 0.2) is 0 Å². The molecule has 5 heteroatoms. The highest BCUT2D eigenvalue weighted by Gasteiger charge is 2.19. The smallest absolute Gasteiger partial charge is 0.211 e. The zero-order valence-electron chi connectivity index (χ0n) is 9.52. The lowest BCUT2D eigenvalue weighted by Gasteiger charge is -2.11. The van der Waals surface area contributed by atoms with Gasteiger partial charge in [-0.3, -0.25) is 0 Å². The van der Waals surface area contributed by atoms with E-state index in [-0.39, 0.29) is 4.90 Å². The molecule has 94 valence electrons. The van der Waals surface area contributed by atoms with E-state index in [1.165, 1.54) is 25.0 Å². The molecule has 0 atom stereocenters. The van der Waals surface area contributed by atoms with Crippen molar-refractivity contribution in [1.82, 2.24) is 4.72 Å². The summed E-state index contributed by atoms with van der Waals surface area (Å²) < 4.78 is 39.0. The summed E-state index contributed by atoms with van der Waals surface area (Å²) in [5.41, 5.74) is 0. The van der Waals surface area contributed by atoms with E-state index in [1.807, 2.05) is 0 Å². The van der Waals surface area contributed by atoms with Crippen molar-refractivity contribution in [3.8, 4) is 0 Å². The van der Waals surface area contributed by atoms with Crippen LogP contribution in [-0.2, 0) is 10.0 Å². The molecular formula is C12H16FNO2S. The molecule has 0 spiro atoms. The minimum atomic E-state index is -3.48. The fourth-order valence-corrected chi connectivity index (χ4v) is 3.26. The SMILES string of the molecule is O=S(=O)(NCC1CCCC1)c1ccc(F)cc1. The molecule has 1 aromatic rings. The molecule has 1 aromatic carbocycles. The van der Waals surface area contributed by atoms with Crippen molar-refractivity contribution in [2.75, 3.05) is 6.54 Å². The Bertz CT molecular complexity index is 464.